The molecule has 158 valence electrons. The van der Waals surface area contributed by atoms with Crippen molar-refractivity contribution in [2.75, 3.05) is 20.3 Å². The summed E-state index contributed by atoms with van der Waals surface area (Å²) in [6, 6.07) is 13.7. The van der Waals surface area contributed by atoms with Gasteiger partial charge in [0.25, 0.3) is 0 Å². The maximum absolute atomic E-state index is 12.9. The molecule has 1 fully saturated rings. The average Bonchev–Trinajstić information content (AvgIpc) is 3.22. The molecule has 2 aromatic carbocycles. The quantitative estimate of drug-likeness (QED) is 0.548. The summed E-state index contributed by atoms with van der Waals surface area (Å²) in [6.45, 7) is 1.18. The highest BCUT2D eigenvalue weighted by Crippen LogP contribution is 2.27. The number of halogens is 2. The molecule has 0 amide bonds. The van der Waals surface area contributed by atoms with Gasteiger partial charge < -0.3 is 5.32 Å². The third kappa shape index (κ3) is 6.41. The van der Waals surface area contributed by atoms with Gasteiger partial charge in [-0.25, -0.2) is 13.1 Å². The van der Waals surface area contributed by atoms with Gasteiger partial charge in [0.05, 0.1) is 21.0 Å². The fourth-order valence-corrected chi connectivity index (χ4v) is 5.13. The van der Waals surface area contributed by atoms with Gasteiger partial charge in [-0.15, -0.1) is 0 Å². The summed E-state index contributed by atoms with van der Waals surface area (Å²) in [4.78, 5) is 2.32. The molecular formula is C21H27Cl2N3O2S. The maximum atomic E-state index is 12.9. The molecule has 2 aromatic rings. The van der Waals surface area contributed by atoms with E-state index in [9.17, 15) is 8.42 Å². The molecule has 29 heavy (non-hydrogen) atoms. The lowest BCUT2D eigenvalue weighted by atomic mass is 10.1. The third-order valence-corrected chi connectivity index (χ3v) is 7.42. The van der Waals surface area contributed by atoms with Crippen LogP contribution in [0, 0.1) is 0 Å². The van der Waals surface area contributed by atoms with Crippen molar-refractivity contribution in [3.63, 3.8) is 0 Å². The second-order valence-corrected chi connectivity index (χ2v) is 10.1. The molecular weight excluding hydrogens is 429 g/mol. The van der Waals surface area contributed by atoms with Gasteiger partial charge in [-0.05, 0) is 49.7 Å². The normalized spacial score (nSPS) is 16.4. The first kappa shape index (κ1) is 22.5. The van der Waals surface area contributed by atoms with Gasteiger partial charge in [0.1, 0.15) is 0 Å². The van der Waals surface area contributed by atoms with Gasteiger partial charge in [0.15, 0.2) is 0 Å². The Kier molecular flexibility index (Phi) is 7.96. The Hall–Kier alpha value is -1.15. The van der Waals surface area contributed by atoms with Crippen molar-refractivity contribution < 1.29 is 8.42 Å². The zero-order chi connectivity index (χ0) is 20.9. The highest BCUT2D eigenvalue weighted by Gasteiger charge is 2.24. The van der Waals surface area contributed by atoms with Crippen molar-refractivity contribution in [3.8, 4) is 0 Å². The van der Waals surface area contributed by atoms with Crippen molar-refractivity contribution in [1.29, 1.82) is 0 Å². The Balaban J connectivity index is 1.76. The molecule has 3 rings (SSSR count). The molecule has 0 aliphatic heterocycles. The van der Waals surface area contributed by atoms with Crippen molar-refractivity contribution in [3.05, 3.63) is 64.1 Å². The molecule has 1 saturated carbocycles. The zero-order valence-electron chi connectivity index (χ0n) is 16.4. The minimum absolute atomic E-state index is 0.233. The van der Waals surface area contributed by atoms with Crippen LogP contribution in [0.5, 0.6) is 0 Å². The minimum atomic E-state index is -3.68. The van der Waals surface area contributed by atoms with Gasteiger partial charge >= 0.3 is 0 Å². The number of sulfonamides is 1. The fourth-order valence-electron chi connectivity index (χ4n) is 3.59. The summed E-state index contributed by atoms with van der Waals surface area (Å²) in [7, 11) is -1.70. The second-order valence-electron chi connectivity index (χ2n) is 7.54. The lowest BCUT2D eigenvalue weighted by Crippen LogP contribution is -2.42. The molecule has 1 aliphatic rings. The molecule has 0 heterocycles. The van der Waals surface area contributed by atoms with Gasteiger partial charge in [-0.1, -0.05) is 60.3 Å². The standard InChI is InChI=1S/C21H27Cl2N3O2S/c1-26(15-24-17-7-5-6-8-17)14-21(16-11-12-19(22)20(23)13-16)25-29(27,28)18-9-3-2-4-10-18/h2-4,9-13,17,21,24-25H,5-8,14-15H2,1H3. The summed E-state index contributed by atoms with van der Waals surface area (Å²) in [5.74, 6) is 0. The monoisotopic (exact) mass is 455 g/mol. The summed E-state index contributed by atoms with van der Waals surface area (Å²) in [6.07, 6.45) is 4.93. The van der Waals surface area contributed by atoms with Crippen LogP contribution in [0.4, 0.5) is 0 Å². The Bertz CT molecular complexity index is 903. The van der Waals surface area contributed by atoms with Crippen LogP contribution in [-0.4, -0.2) is 39.6 Å². The Morgan fingerprint density at radius 1 is 1.07 bits per heavy atom. The molecule has 8 heteroatoms. The molecule has 1 unspecified atom stereocenters. The van der Waals surface area contributed by atoms with Crippen LogP contribution in [0.25, 0.3) is 0 Å². The van der Waals surface area contributed by atoms with Crippen molar-refractivity contribution in [2.24, 2.45) is 0 Å². The first-order valence-corrected chi connectivity index (χ1v) is 12.0. The van der Waals surface area contributed by atoms with E-state index >= 15 is 0 Å². The van der Waals surface area contributed by atoms with Crippen LogP contribution in [0.15, 0.2) is 53.4 Å². The molecule has 2 N–H and O–H groups in total. The highest BCUT2D eigenvalue weighted by molar-refractivity contribution is 7.89. The SMILES string of the molecule is CN(CNC1CCCC1)CC(NS(=O)(=O)c1ccccc1)c1ccc(Cl)c(Cl)c1. The van der Waals surface area contributed by atoms with Crippen LogP contribution in [0.2, 0.25) is 10.0 Å². The topological polar surface area (TPSA) is 61.4 Å². The van der Waals surface area contributed by atoms with E-state index in [1.165, 1.54) is 25.7 Å². The predicted octanol–water partition coefficient (Wildman–Crippen LogP) is 4.43. The van der Waals surface area contributed by atoms with E-state index in [-0.39, 0.29) is 4.90 Å². The molecule has 1 atom stereocenters. The lowest BCUT2D eigenvalue weighted by Gasteiger charge is -2.27. The number of rotatable bonds is 9. The van der Waals surface area contributed by atoms with E-state index < -0.39 is 16.1 Å². The number of likely N-dealkylation sites (N-methyl/N-ethyl adjacent to an activating group) is 1. The lowest BCUT2D eigenvalue weighted by molar-refractivity contribution is 0.266. The third-order valence-electron chi connectivity index (χ3n) is 5.20. The van der Waals surface area contributed by atoms with Gasteiger partial charge in [0, 0.05) is 19.3 Å². The predicted molar refractivity (Wildman–Crippen MR) is 119 cm³/mol. The van der Waals surface area contributed by atoms with E-state index in [1.54, 1.807) is 42.5 Å². The second kappa shape index (κ2) is 10.2. The maximum Gasteiger partial charge on any atom is 0.241 e. The van der Waals surface area contributed by atoms with Crippen LogP contribution < -0.4 is 10.0 Å². The van der Waals surface area contributed by atoms with Crippen molar-refractivity contribution >= 4 is 33.2 Å². The number of benzene rings is 2. The van der Waals surface area contributed by atoms with E-state index in [0.717, 1.165) is 5.56 Å². The first-order valence-electron chi connectivity index (χ1n) is 9.79. The first-order chi connectivity index (χ1) is 13.8. The molecule has 0 radical (unpaired) electrons. The number of hydrogen-bond donors (Lipinski definition) is 2. The number of nitrogens with one attached hydrogen (secondary N) is 2. The molecule has 1 aliphatic carbocycles. The minimum Gasteiger partial charge on any atom is -0.302 e. The van der Waals surface area contributed by atoms with E-state index in [0.29, 0.717) is 29.3 Å². The summed E-state index contributed by atoms with van der Waals surface area (Å²) in [5, 5.41) is 4.40. The number of hydrogen-bond acceptors (Lipinski definition) is 4. The van der Waals surface area contributed by atoms with Crippen LogP contribution in [0.1, 0.15) is 37.3 Å². The molecule has 0 spiro atoms. The van der Waals surface area contributed by atoms with E-state index in [1.807, 2.05) is 13.1 Å². The molecule has 5 nitrogen and oxygen atoms in total. The molecule has 0 aromatic heterocycles. The summed E-state index contributed by atoms with van der Waals surface area (Å²) in [5.41, 5.74) is 0.770. The van der Waals surface area contributed by atoms with Crippen molar-refractivity contribution in [2.45, 2.75) is 42.7 Å². The van der Waals surface area contributed by atoms with Crippen LogP contribution in [-0.2, 0) is 10.0 Å². The summed E-state index contributed by atoms with van der Waals surface area (Å²) < 4.78 is 28.7. The van der Waals surface area contributed by atoms with Crippen LogP contribution in [0.3, 0.4) is 0 Å². The fraction of sp³-hybridized carbons (Fsp3) is 0.429. The Morgan fingerprint density at radius 3 is 2.41 bits per heavy atom. The van der Waals surface area contributed by atoms with Gasteiger partial charge in [-0.2, -0.15) is 0 Å². The van der Waals surface area contributed by atoms with Crippen LogP contribution >= 0.6 is 23.2 Å². The van der Waals surface area contributed by atoms with Crippen molar-refractivity contribution in [1.82, 2.24) is 14.9 Å². The van der Waals surface area contributed by atoms with E-state index in [2.05, 4.69) is 14.9 Å². The Morgan fingerprint density at radius 2 is 1.76 bits per heavy atom. The van der Waals surface area contributed by atoms with E-state index in [4.69, 9.17) is 23.2 Å². The van der Waals surface area contributed by atoms with Gasteiger partial charge in [-0.3, -0.25) is 4.90 Å². The molecule has 0 bridgehead atoms. The largest absolute Gasteiger partial charge is 0.302 e. The smallest absolute Gasteiger partial charge is 0.241 e. The Labute approximate surface area is 183 Å². The highest BCUT2D eigenvalue weighted by atomic mass is 35.5. The average molecular weight is 456 g/mol. The zero-order valence-corrected chi connectivity index (χ0v) is 18.8. The number of nitrogens with zero attached hydrogens (tertiary/aromatic N) is 1. The van der Waals surface area contributed by atoms with Gasteiger partial charge in [0.2, 0.25) is 10.0 Å². The summed E-state index contributed by atoms with van der Waals surface area (Å²) >= 11 is 12.2. The molecule has 0 saturated heterocycles.